The third-order valence-corrected chi connectivity index (χ3v) is 1.61. The van der Waals surface area contributed by atoms with Crippen LogP contribution < -0.4 is 18.9 Å². The Bertz CT molecular complexity index is 120. The van der Waals surface area contributed by atoms with Crippen molar-refractivity contribution in [2.75, 3.05) is 0 Å². The second-order valence-corrected chi connectivity index (χ2v) is 2.83. The molecule has 0 amide bonds. The third-order valence-electron chi connectivity index (χ3n) is 0.628. The normalized spacial score (nSPS) is 7.57. The monoisotopic (exact) mass is 195 g/mol. The number of rotatable bonds is 0. The summed E-state index contributed by atoms with van der Waals surface area (Å²) in [5, 5.41) is 0. The van der Waals surface area contributed by atoms with Gasteiger partial charge in [0, 0.05) is 0 Å². The summed E-state index contributed by atoms with van der Waals surface area (Å²) in [6, 6.07) is 4.07. The molecular formula is C4H6LiNSn. The molecule has 2 radical (unpaired) electrons. The SMILES string of the molecule is [H-].[Li+].[SnH][n]1cccc1. The molecule has 1 heterocycles. The molecule has 1 nitrogen and oxygen atoms in total. The topological polar surface area (TPSA) is 4.93 Å². The van der Waals surface area contributed by atoms with Crippen molar-refractivity contribution in [3.05, 3.63) is 24.5 Å². The second-order valence-electron chi connectivity index (χ2n) is 1.13. The quantitative estimate of drug-likeness (QED) is 0.395. The van der Waals surface area contributed by atoms with Crippen LogP contribution in [0.15, 0.2) is 24.5 Å². The molecular weight excluding hydrogens is 188 g/mol. The van der Waals surface area contributed by atoms with Crippen molar-refractivity contribution in [3.8, 4) is 0 Å². The van der Waals surface area contributed by atoms with E-state index in [4.69, 9.17) is 0 Å². The molecule has 3 heteroatoms. The third kappa shape index (κ3) is 2.48. The Morgan fingerprint density at radius 2 is 1.71 bits per heavy atom. The van der Waals surface area contributed by atoms with Gasteiger partial charge in [0.15, 0.2) is 0 Å². The van der Waals surface area contributed by atoms with Crippen LogP contribution in [0.4, 0.5) is 0 Å². The van der Waals surface area contributed by atoms with Crippen LogP contribution in [0, 0.1) is 0 Å². The van der Waals surface area contributed by atoms with Crippen molar-refractivity contribution in [2.45, 2.75) is 0 Å². The van der Waals surface area contributed by atoms with Crippen molar-refractivity contribution in [1.29, 1.82) is 0 Å². The van der Waals surface area contributed by atoms with Crippen molar-refractivity contribution in [2.24, 2.45) is 0 Å². The van der Waals surface area contributed by atoms with Crippen LogP contribution in [0.1, 0.15) is 1.43 Å². The Morgan fingerprint density at radius 1 is 1.29 bits per heavy atom. The van der Waals surface area contributed by atoms with E-state index in [2.05, 4.69) is 15.2 Å². The minimum absolute atomic E-state index is 0. The number of aromatic nitrogens is 1. The van der Waals surface area contributed by atoms with E-state index in [-0.39, 0.29) is 20.3 Å². The maximum absolute atomic E-state index is 2.13. The average molecular weight is 194 g/mol. The van der Waals surface area contributed by atoms with Crippen LogP contribution in [0.2, 0.25) is 0 Å². The molecule has 0 N–H and O–H groups in total. The van der Waals surface area contributed by atoms with E-state index < -0.39 is 0 Å². The molecule has 1 aromatic rings. The van der Waals surface area contributed by atoms with E-state index in [0.29, 0.717) is 0 Å². The zero-order chi connectivity index (χ0) is 4.41. The molecule has 0 unspecified atom stereocenters. The Kier molecular flexibility index (Phi) is 4.00. The van der Waals surface area contributed by atoms with Gasteiger partial charge in [-0.15, -0.1) is 0 Å². The van der Waals surface area contributed by atoms with E-state index in [1.807, 2.05) is 12.1 Å². The van der Waals surface area contributed by atoms with E-state index >= 15 is 0 Å². The van der Waals surface area contributed by atoms with Gasteiger partial charge in [-0.1, -0.05) is 0 Å². The summed E-state index contributed by atoms with van der Waals surface area (Å²) in [7, 11) is 0. The zero-order valence-corrected chi connectivity index (χ0v) is 7.63. The molecule has 32 valence electrons. The minimum atomic E-state index is 0. The fourth-order valence-electron chi connectivity index (χ4n) is 0.348. The fraction of sp³-hybridized carbons (Fsp3) is 0. The first kappa shape index (κ1) is 7.68. The summed E-state index contributed by atoms with van der Waals surface area (Å²) in [4.78, 5) is 0. The fourth-order valence-corrected chi connectivity index (χ4v) is 0.915. The van der Waals surface area contributed by atoms with Gasteiger partial charge in [0.25, 0.3) is 0 Å². The van der Waals surface area contributed by atoms with Gasteiger partial charge >= 0.3 is 69.0 Å². The van der Waals surface area contributed by atoms with Gasteiger partial charge < -0.3 is 1.43 Å². The summed E-state index contributed by atoms with van der Waals surface area (Å²) >= 11 is 1.17. The Labute approximate surface area is 70.2 Å². The van der Waals surface area contributed by atoms with Gasteiger partial charge in [-0.3, -0.25) is 0 Å². The molecule has 1 aromatic heterocycles. The van der Waals surface area contributed by atoms with Crippen LogP contribution in [0.5, 0.6) is 0 Å². The summed E-state index contributed by atoms with van der Waals surface area (Å²) in [5.41, 5.74) is 0. The van der Waals surface area contributed by atoms with E-state index in [9.17, 15) is 0 Å². The molecule has 0 aliphatic heterocycles. The molecule has 0 saturated carbocycles. The Balaban J connectivity index is 0. The van der Waals surface area contributed by atoms with Crippen LogP contribution in [-0.4, -0.2) is 25.6 Å². The van der Waals surface area contributed by atoms with Gasteiger partial charge in [-0.25, -0.2) is 0 Å². The molecule has 0 atom stereocenters. The first-order chi connectivity index (χ1) is 2.89. The van der Waals surface area contributed by atoms with Crippen LogP contribution in [0.25, 0.3) is 0 Å². The van der Waals surface area contributed by atoms with Gasteiger partial charge in [-0.2, -0.15) is 0 Å². The van der Waals surface area contributed by atoms with Crippen molar-refractivity contribution in [3.63, 3.8) is 0 Å². The van der Waals surface area contributed by atoms with Crippen LogP contribution in [-0.2, 0) is 0 Å². The van der Waals surface area contributed by atoms with Gasteiger partial charge in [0.05, 0.1) is 0 Å². The molecule has 7 heavy (non-hydrogen) atoms. The van der Waals surface area contributed by atoms with E-state index in [1.165, 1.54) is 22.8 Å². The molecule has 0 bridgehead atoms. The van der Waals surface area contributed by atoms with E-state index in [1.54, 1.807) is 0 Å². The number of hydrogen-bond donors (Lipinski definition) is 0. The standard InChI is InChI=1S/C4H4N.Li.Sn.2H/c1-2-4-5-3-1;;;;/h1-4H;;;;/q-1;2*+1;;-1. The molecule has 0 aliphatic rings. The zero-order valence-electron chi connectivity index (χ0n) is 5.33. The molecule has 0 aliphatic carbocycles. The molecule has 0 saturated heterocycles. The number of hydrogen-bond acceptors (Lipinski definition) is 0. The molecule has 1 rings (SSSR count). The Hall–Kier alpha value is 0.676. The van der Waals surface area contributed by atoms with Gasteiger partial charge in [0.2, 0.25) is 0 Å². The first-order valence-corrected chi connectivity index (χ1v) is 3.25. The summed E-state index contributed by atoms with van der Waals surface area (Å²) < 4.78 is 2.13. The predicted molar refractivity (Wildman–Crippen MR) is 28.1 cm³/mol. The average Bonchev–Trinajstić information content (AvgIpc) is 1.86. The van der Waals surface area contributed by atoms with Crippen molar-refractivity contribution < 1.29 is 20.3 Å². The predicted octanol–water partition coefficient (Wildman–Crippen LogP) is -2.73. The summed E-state index contributed by atoms with van der Waals surface area (Å²) in [6.07, 6.45) is 4.12. The maximum atomic E-state index is 2.13. The van der Waals surface area contributed by atoms with Crippen LogP contribution >= 0.6 is 0 Å². The van der Waals surface area contributed by atoms with E-state index in [0.717, 1.165) is 0 Å². The van der Waals surface area contributed by atoms with Gasteiger partial charge in [0.1, 0.15) is 0 Å². The Morgan fingerprint density at radius 3 is 1.86 bits per heavy atom. The van der Waals surface area contributed by atoms with Gasteiger partial charge in [-0.05, 0) is 0 Å². The summed E-state index contributed by atoms with van der Waals surface area (Å²) in [5.74, 6) is 0. The molecule has 0 fully saturated rings. The van der Waals surface area contributed by atoms with Crippen molar-refractivity contribution >= 4 is 22.8 Å². The second kappa shape index (κ2) is 3.65. The van der Waals surface area contributed by atoms with Crippen molar-refractivity contribution in [1.82, 2.24) is 2.79 Å². The molecule has 0 aromatic carbocycles. The summed E-state index contributed by atoms with van der Waals surface area (Å²) in [6.45, 7) is 0. The number of nitrogens with zero attached hydrogens (tertiary/aromatic N) is 1. The van der Waals surface area contributed by atoms with Crippen LogP contribution in [0.3, 0.4) is 0 Å². The molecule has 0 spiro atoms. The first-order valence-electron chi connectivity index (χ1n) is 1.77.